The lowest BCUT2D eigenvalue weighted by atomic mass is 9.98. The monoisotopic (exact) mass is 294 g/mol. The molecule has 0 unspecified atom stereocenters. The first kappa shape index (κ1) is 15.3. The molecule has 0 radical (unpaired) electrons. The Kier molecular flexibility index (Phi) is 4.45. The number of carboxylic acid groups (broad SMARTS) is 1. The molecule has 0 spiro atoms. The van der Waals surface area contributed by atoms with Crippen molar-refractivity contribution in [2.24, 2.45) is 0 Å². The highest BCUT2D eigenvalue weighted by Gasteiger charge is 2.29. The van der Waals surface area contributed by atoms with Gasteiger partial charge in [0.2, 0.25) is 0 Å². The van der Waals surface area contributed by atoms with E-state index in [1.807, 2.05) is 13.8 Å². The normalized spacial score (nSPS) is 22.0. The molecule has 0 aromatic heterocycles. The van der Waals surface area contributed by atoms with E-state index in [4.69, 9.17) is 5.11 Å². The van der Waals surface area contributed by atoms with Crippen LogP contribution in [0.5, 0.6) is 0 Å². The van der Waals surface area contributed by atoms with Gasteiger partial charge in [0, 0.05) is 12.1 Å². The Morgan fingerprint density at radius 1 is 1.29 bits per heavy atom. The van der Waals surface area contributed by atoms with Gasteiger partial charge in [-0.1, -0.05) is 0 Å². The van der Waals surface area contributed by atoms with Crippen molar-refractivity contribution in [3.05, 3.63) is 29.6 Å². The molecule has 1 saturated heterocycles. The van der Waals surface area contributed by atoms with Crippen LogP contribution in [0.3, 0.4) is 0 Å². The second-order valence-corrected chi connectivity index (χ2v) is 5.47. The number of carboxylic acids is 1. The van der Waals surface area contributed by atoms with Crippen LogP contribution in [0, 0.1) is 5.82 Å². The summed E-state index contributed by atoms with van der Waals surface area (Å²) in [6.45, 7) is 3.94. The van der Waals surface area contributed by atoms with E-state index in [1.54, 1.807) is 4.90 Å². The van der Waals surface area contributed by atoms with Crippen LogP contribution in [0.1, 0.15) is 43.5 Å². The molecule has 0 saturated carbocycles. The van der Waals surface area contributed by atoms with Crippen LogP contribution in [-0.2, 0) is 0 Å². The molecule has 2 rings (SSSR count). The third-order valence-corrected chi connectivity index (χ3v) is 3.89. The van der Waals surface area contributed by atoms with E-state index >= 15 is 0 Å². The van der Waals surface area contributed by atoms with Crippen LogP contribution in [0.25, 0.3) is 0 Å². The van der Waals surface area contributed by atoms with Gasteiger partial charge in [0.1, 0.15) is 5.82 Å². The van der Waals surface area contributed by atoms with Gasteiger partial charge < -0.3 is 15.3 Å². The van der Waals surface area contributed by atoms with Crippen molar-refractivity contribution < 1.29 is 19.1 Å². The average molecular weight is 294 g/mol. The maximum atomic E-state index is 13.8. The van der Waals surface area contributed by atoms with Gasteiger partial charge in [-0.05, 0) is 51.3 Å². The molecule has 114 valence electrons. The second kappa shape index (κ2) is 6.11. The minimum atomic E-state index is -1.20. The van der Waals surface area contributed by atoms with Crippen molar-refractivity contribution in [1.29, 1.82) is 0 Å². The van der Waals surface area contributed by atoms with E-state index in [0.29, 0.717) is 0 Å². The summed E-state index contributed by atoms with van der Waals surface area (Å²) >= 11 is 0. The number of benzene rings is 1. The molecule has 2 atom stereocenters. The molecule has 1 aliphatic heterocycles. The third-order valence-electron chi connectivity index (χ3n) is 3.89. The number of aromatic carboxylic acids is 1. The van der Waals surface area contributed by atoms with Gasteiger partial charge in [-0.3, -0.25) is 0 Å². The lowest BCUT2D eigenvalue weighted by molar-refractivity contribution is 0.0696. The Hall–Kier alpha value is -2.11. The van der Waals surface area contributed by atoms with Crippen LogP contribution in [0.15, 0.2) is 18.2 Å². The molecule has 0 aliphatic carbocycles. The van der Waals surface area contributed by atoms with E-state index in [1.165, 1.54) is 12.1 Å². The summed E-state index contributed by atoms with van der Waals surface area (Å²) < 4.78 is 13.8. The lowest BCUT2D eigenvalue weighted by Gasteiger charge is -2.38. The Morgan fingerprint density at radius 3 is 2.43 bits per heavy atom. The number of likely N-dealkylation sites (tertiary alicyclic amines) is 1. The molecule has 2 N–H and O–H groups in total. The lowest BCUT2D eigenvalue weighted by Crippen LogP contribution is -2.49. The SMILES string of the molecule is C[C@@H]1CCC[C@H](C)N1C(=O)Nc1ccc(C(=O)O)cc1F. The smallest absolute Gasteiger partial charge is 0.335 e. The van der Waals surface area contributed by atoms with Crippen molar-refractivity contribution in [2.45, 2.75) is 45.2 Å². The maximum Gasteiger partial charge on any atom is 0.335 e. The van der Waals surface area contributed by atoms with Gasteiger partial charge in [0.25, 0.3) is 0 Å². The largest absolute Gasteiger partial charge is 0.478 e. The summed E-state index contributed by atoms with van der Waals surface area (Å²) in [4.78, 5) is 24.8. The Bertz CT molecular complexity index is 552. The van der Waals surface area contributed by atoms with E-state index in [9.17, 15) is 14.0 Å². The second-order valence-electron chi connectivity index (χ2n) is 5.47. The highest BCUT2D eigenvalue weighted by atomic mass is 19.1. The number of nitrogens with one attached hydrogen (secondary N) is 1. The first-order valence-corrected chi connectivity index (χ1v) is 7.02. The fraction of sp³-hybridized carbons (Fsp3) is 0.467. The summed E-state index contributed by atoms with van der Waals surface area (Å²) in [6.07, 6.45) is 2.93. The maximum absolute atomic E-state index is 13.8. The molecule has 5 nitrogen and oxygen atoms in total. The summed E-state index contributed by atoms with van der Waals surface area (Å²) in [6, 6.07) is 3.31. The predicted molar refractivity (Wildman–Crippen MR) is 77.0 cm³/mol. The number of urea groups is 1. The number of carbonyl (C=O) groups is 2. The summed E-state index contributed by atoms with van der Waals surface area (Å²) in [5.74, 6) is -1.95. The molecule has 6 heteroatoms. The Balaban J connectivity index is 2.14. The van der Waals surface area contributed by atoms with Crippen molar-refractivity contribution in [1.82, 2.24) is 4.90 Å². The number of hydrogen-bond donors (Lipinski definition) is 2. The molecular formula is C15H19FN2O3. The van der Waals surface area contributed by atoms with Crippen molar-refractivity contribution in [3.8, 4) is 0 Å². The minimum Gasteiger partial charge on any atom is -0.478 e. The van der Waals surface area contributed by atoms with Crippen LogP contribution >= 0.6 is 0 Å². The van der Waals surface area contributed by atoms with E-state index in [-0.39, 0.29) is 29.4 Å². The number of anilines is 1. The first-order valence-electron chi connectivity index (χ1n) is 7.02. The number of carbonyl (C=O) groups excluding carboxylic acids is 1. The van der Waals surface area contributed by atoms with Crippen molar-refractivity contribution >= 4 is 17.7 Å². The van der Waals surface area contributed by atoms with Crippen LogP contribution in [0.4, 0.5) is 14.9 Å². The fourth-order valence-corrected chi connectivity index (χ4v) is 2.75. The van der Waals surface area contributed by atoms with Gasteiger partial charge in [-0.15, -0.1) is 0 Å². The van der Waals surface area contributed by atoms with E-state index in [2.05, 4.69) is 5.32 Å². The molecular weight excluding hydrogens is 275 g/mol. The van der Waals surface area contributed by atoms with Gasteiger partial charge in [-0.2, -0.15) is 0 Å². The molecule has 1 aromatic rings. The summed E-state index contributed by atoms with van der Waals surface area (Å²) in [7, 11) is 0. The summed E-state index contributed by atoms with van der Waals surface area (Å²) in [5, 5.41) is 11.3. The number of hydrogen-bond acceptors (Lipinski definition) is 2. The predicted octanol–water partition coefficient (Wildman–Crippen LogP) is 3.32. The minimum absolute atomic E-state index is 0.00465. The van der Waals surface area contributed by atoms with E-state index < -0.39 is 11.8 Å². The fourth-order valence-electron chi connectivity index (χ4n) is 2.75. The molecule has 2 amide bonds. The molecule has 1 aromatic carbocycles. The zero-order valence-electron chi connectivity index (χ0n) is 12.1. The summed E-state index contributed by atoms with van der Waals surface area (Å²) in [5.41, 5.74) is -0.153. The van der Waals surface area contributed by atoms with Gasteiger partial charge >= 0.3 is 12.0 Å². The van der Waals surface area contributed by atoms with E-state index in [0.717, 1.165) is 25.3 Å². The number of halogens is 1. The number of nitrogens with zero attached hydrogens (tertiary/aromatic N) is 1. The number of rotatable bonds is 2. The zero-order valence-corrected chi connectivity index (χ0v) is 12.1. The standard InChI is InChI=1S/C15H19FN2O3/c1-9-4-3-5-10(2)18(9)15(21)17-13-7-6-11(14(19)20)8-12(13)16/h6-10H,3-5H2,1-2H3,(H,17,21)(H,19,20)/t9-,10+. The van der Waals surface area contributed by atoms with Gasteiger partial charge in [-0.25, -0.2) is 14.0 Å². The molecule has 1 fully saturated rings. The van der Waals surface area contributed by atoms with Crippen LogP contribution < -0.4 is 5.32 Å². The molecule has 1 heterocycles. The molecule has 21 heavy (non-hydrogen) atoms. The van der Waals surface area contributed by atoms with Crippen molar-refractivity contribution in [2.75, 3.05) is 5.32 Å². The van der Waals surface area contributed by atoms with Gasteiger partial charge in [0.05, 0.1) is 11.3 Å². The van der Waals surface area contributed by atoms with Gasteiger partial charge in [0.15, 0.2) is 0 Å². The number of amides is 2. The van der Waals surface area contributed by atoms with Crippen molar-refractivity contribution in [3.63, 3.8) is 0 Å². The average Bonchev–Trinajstić information content (AvgIpc) is 2.40. The molecule has 1 aliphatic rings. The topological polar surface area (TPSA) is 69.6 Å². The Morgan fingerprint density at radius 2 is 1.90 bits per heavy atom. The first-order chi connectivity index (χ1) is 9.90. The Labute approximate surface area is 122 Å². The van der Waals surface area contributed by atoms with Crippen LogP contribution in [-0.4, -0.2) is 34.1 Å². The highest BCUT2D eigenvalue weighted by Crippen LogP contribution is 2.24. The number of piperidine rings is 1. The zero-order chi connectivity index (χ0) is 15.6. The quantitative estimate of drug-likeness (QED) is 0.879. The third kappa shape index (κ3) is 3.32. The van der Waals surface area contributed by atoms with Crippen LogP contribution in [0.2, 0.25) is 0 Å². The molecule has 0 bridgehead atoms. The highest BCUT2D eigenvalue weighted by molar-refractivity contribution is 5.92.